The number of carbonyl (C=O) groups is 1. The van der Waals surface area contributed by atoms with E-state index in [0.717, 1.165) is 27.3 Å². The molecule has 0 amide bonds. The van der Waals surface area contributed by atoms with Crippen LogP contribution >= 0.6 is 11.3 Å². The van der Waals surface area contributed by atoms with Crippen LogP contribution in [0.5, 0.6) is 5.75 Å². The lowest BCUT2D eigenvalue weighted by Crippen LogP contribution is -2.44. The quantitative estimate of drug-likeness (QED) is 0.726. The van der Waals surface area contributed by atoms with Gasteiger partial charge in [-0.05, 0) is 43.0 Å². The Balaban J connectivity index is 1.99. The molecule has 0 saturated carbocycles. The van der Waals surface area contributed by atoms with Gasteiger partial charge in [0.1, 0.15) is 11.3 Å². The fraction of sp³-hybridized carbons (Fsp3) is 0.238. The summed E-state index contributed by atoms with van der Waals surface area (Å²) >= 11 is 1.64. The van der Waals surface area contributed by atoms with Gasteiger partial charge in [0, 0.05) is 34.3 Å². The predicted octanol–water partition coefficient (Wildman–Crippen LogP) is 3.81. The first-order valence-electron chi connectivity index (χ1n) is 8.92. The highest BCUT2D eigenvalue weighted by Crippen LogP contribution is 2.40. The molecule has 7 heteroatoms. The summed E-state index contributed by atoms with van der Waals surface area (Å²) in [5.74, 6) is -0.499. The third kappa shape index (κ3) is 2.88. The summed E-state index contributed by atoms with van der Waals surface area (Å²) in [6, 6.07) is 9.61. The van der Waals surface area contributed by atoms with Gasteiger partial charge in [-0.25, -0.2) is 4.79 Å². The van der Waals surface area contributed by atoms with Crippen molar-refractivity contribution in [3.63, 3.8) is 0 Å². The van der Waals surface area contributed by atoms with E-state index in [4.69, 9.17) is 4.74 Å². The van der Waals surface area contributed by atoms with Crippen LogP contribution in [0.1, 0.15) is 29.8 Å². The standard InChI is InChI=1S/C21H20N2O4S/c1-12(2)22-10-13-7-15(20-5-4-6-28-20)19(27-3)8-14(13)17-9-18(24)16(21(25)26)11-23(17)22/h4-9,11-12H,10H2,1-3H3,(H,25,26). The maximum absolute atomic E-state index is 12.4. The molecule has 1 aliphatic heterocycles. The van der Waals surface area contributed by atoms with Crippen molar-refractivity contribution in [1.29, 1.82) is 0 Å². The van der Waals surface area contributed by atoms with Crippen molar-refractivity contribution < 1.29 is 14.6 Å². The van der Waals surface area contributed by atoms with Crippen molar-refractivity contribution in [1.82, 2.24) is 4.68 Å². The third-order valence-electron chi connectivity index (χ3n) is 4.95. The second kappa shape index (κ2) is 6.83. The molecule has 0 unspecified atom stereocenters. The van der Waals surface area contributed by atoms with Crippen molar-refractivity contribution in [2.24, 2.45) is 0 Å². The summed E-state index contributed by atoms with van der Waals surface area (Å²) in [5.41, 5.74) is 2.89. The van der Waals surface area contributed by atoms with E-state index in [9.17, 15) is 14.7 Å². The van der Waals surface area contributed by atoms with Crippen LogP contribution in [0.2, 0.25) is 0 Å². The fourth-order valence-electron chi connectivity index (χ4n) is 3.57. The SMILES string of the molecule is COc1cc2c(cc1-c1cccs1)CN(C(C)C)n1cc(C(=O)O)c(=O)cc1-2. The van der Waals surface area contributed by atoms with Crippen LogP contribution in [-0.2, 0) is 6.54 Å². The topological polar surface area (TPSA) is 71.8 Å². The molecule has 3 heterocycles. The Labute approximate surface area is 166 Å². The van der Waals surface area contributed by atoms with Gasteiger partial charge >= 0.3 is 5.97 Å². The molecule has 0 aliphatic carbocycles. The number of nitrogens with zero attached hydrogens (tertiary/aromatic N) is 2. The van der Waals surface area contributed by atoms with Gasteiger partial charge in [-0.2, -0.15) is 0 Å². The number of benzene rings is 1. The summed E-state index contributed by atoms with van der Waals surface area (Å²) in [7, 11) is 1.63. The second-order valence-corrected chi connectivity index (χ2v) is 7.91. The number of aromatic nitrogens is 1. The minimum absolute atomic E-state index is 0.114. The molecule has 0 atom stereocenters. The lowest BCUT2D eigenvalue weighted by Gasteiger charge is -2.38. The molecule has 0 radical (unpaired) electrons. The van der Waals surface area contributed by atoms with Crippen LogP contribution in [0.25, 0.3) is 21.7 Å². The second-order valence-electron chi connectivity index (χ2n) is 6.96. The number of fused-ring (bicyclic) bond motifs is 3. The first-order valence-corrected chi connectivity index (χ1v) is 9.80. The Kier molecular flexibility index (Phi) is 4.47. The van der Waals surface area contributed by atoms with Gasteiger partial charge in [0.15, 0.2) is 5.43 Å². The van der Waals surface area contributed by atoms with Gasteiger partial charge in [-0.3, -0.25) is 9.47 Å². The Morgan fingerprint density at radius 1 is 1.25 bits per heavy atom. The highest BCUT2D eigenvalue weighted by molar-refractivity contribution is 7.13. The molecule has 1 aromatic carbocycles. The van der Waals surface area contributed by atoms with Crippen LogP contribution in [-0.4, -0.2) is 28.9 Å². The number of hydrogen-bond acceptors (Lipinski definition) is 5. The average molecular weight is 396 g/mol. The molecule has 0 fully saturated rings. The van der Waals surface area contributed by atoms with Crippen molar-refractivity contribution in [2.45, 2.75) is 26.4 Å². The largest absolute Gasteiger partial charge is 0.496 e. The number of aromatic carboxylic acids is 1. The monoisotopic (exact) mass is 396 g/mol. The highest BCUT2D eigenvalue weighted by atomic mass is 32.1. The van der Waals surface area contributed by atoms with Gasteiger partial charge in [0.25, 0.3) is 0 Å². The van der Waals surface area contributed by atoms with Crippen molar-refractivity contribution in [3.8, 4) is 27.4 Å². The van der Waals surface area contributed by atoms with Crippen molar-refractivity contribution in [2.75, 3.05) is 12.1 Å². The van der Waals surface area contributed by atoms with Crippen molar-refractivity contribution >= 4 is 17.3 Å². The Hall–Kier alpha value is -3.06. The molecule has 28 heavy (non-hydrogen) atoms. The molecular formula is C21H20N2O4S. The molecule has 1 aliphatic rings. The van der Waals surface area contributed by atoms with Crippen LogP contribution in [0.4, 0.5) is 0 Å². The van der Waals surface area contributed by atoms with Gasteiger partial charge in [0.05, 0.1) is 19.3 Å². The van der Waals surface area contributed by atoms with E-state index in [0.29, 0.717) is 12.2 Å². The number of pyridine rings is 1. The summed E-state index contributed by atoms with van der Waals surface area (Å²) < 4.78 is 7.41. The minimum atomic E-state index is -1.22. The molecule has 2 aromatic heterocycles. The lowest BCUT2D eigenvalue weighted by molar-refractivity contribution is 0.0694. The summed E-state index contributed by atoms with van der Waals surface area (Å²) in [4.78, 5) is 25.0. The van der Waals surface area contributed by atoms with Crippen LogP contribution in [0, 0.1) is 0 Å². The van der Waals surface area contributed by atoms with Gasteiger partial charge < -0.3 is 14.9 Å². The minimum Gasteiger partial charge on any atom is -0.496 e. The van der Waals surface area contributed by atoms with Crippen LogP contribution in [0.3, 0.4) is 0 Å². The summed E-state index contributed by atoms with van der Waals surface area (Å²) in [6.07, 6.45) is 1.42. The molecular weight excluding hydrogens is 376 g/mol. The molecule has 1 N–H and O–H groups in total. The number of carboxylic acids is 1. The zero-order valence-electron chi connectivity index (χ0n) is 15.8. The molecule has 0 saturated heterocycles. The normalized spacial score (nSPS) is 12.6. The summed E-state index contributed by atoms with van der Waals surface area (Å²) in [6.45, 7) is 4.68. The number of thiophene rings is 1. The van der Waals surface area contributed by atoms with Gasteiger partial charge in [0.2, 0.25) is 0 Å². The van der Waals surface area contributed by atoms with E-state index in [2.05, 4.69) is 12.1 Å². The molecule has 6 nitrogen and oxygen atoms in total. The first kappa shape index (κ1) is 18.3. The Morgan fingerprint density at radius 2 is 2.04 bits per heavy atom. The van der Waals surface area contributed by atoms with E-state index in [1.54, 1.807) is 23.1 Å². The first-order chi connectivity index (χ1) is 13.4. The third-order valence-corrected chi connectivity index (χ3v) is 5.86. The number of ether oxygens (including phenoxy) is 1. The Bertz CT molecular complexity index is 1120. The zero-order valence-corrected chi connectivity index (χ0v) is 16.6. The summed E-state index contributed by atoms with van der Waals surface area (Å²) in [5, 5.41) is 13.4. The molecule has 0 bridgehead atoms. The molecule has 0 spiro atoms. The average Bonchev–Trinajstić information content (AvgIpc) is 3.20. The van der Waals surface area contributed by atoms with Crippen LogP contribution < -0.4 is 15.2 Å². The number of hydrogen-bond donors (Lipinski definition) is 1. The van der Waals surface area contributed by atoms with E-state index < -0.39 is 11.4 Å². The van der Waals surface area contributed by atoms with Crippen molar-refractivity contribution in [3.05, 3.63) is 63.3 Å². The maximum atomic E-state index is 12.4. The fourth-order valence-corrected chi connectivity index (χ4v) is 4.31. The predicted molar refractivity (Wildman–Crippen MR) is 110 cm³/mol. The van der Waals surface area contributed by atoms with E-state index in [1.165, 1.54) is 12.3 Å². The highest BCUT2D eigenvalue weighted by Gasteiger charge is 2.27. The van der Waals surface area contributed by atoms with Gasteiger partial charge in [-0.15, -0.1) is 11.3 Å². The van der Waals surface area contributed by atoms with Gasteiger partial charge in [-0.1, -0.05) is 6.07 Å². The molecule has 144 valence electrons. The smallest absolute Gasteiger partial charge is 0.341 e. The lowest BCUT2D eigenvalue weighted by atomic mass is 9.96. The molecule has 3 aromatic rings. The number of carboxylic acid groups (broad SMARTS) is 1. The number of methoxy groups -OCH3 is 1. The van der Waals surface area contributed by atoms with E-state index in [1.807, 2.05) is 36.4 Å². The van der Waals surface area contributed by atoms with Crippen LogP contribution in [0.15, 0.2) is 46.7 Å². The molecule has 4 rings (SSSR count). The van der Waals surface area contributed by atoms with E-state index >= 15 is 0 Å². The number of rotatable bonds is 4. The zero-order chi connectivity index (χ0) is 20.0. The maximum Gasteiger partial charge on any atom is 0.341 e. The van der Waals surface area contributed by atoms with E-state index in [-0.39, 0.29) is 11.6 Å². The Morgan fingerprint density at radius 3 is 2.64 bits per heavy atom.